The van der Waals surface area contributed by atoms with Gasteiger partial charge in [-0.25, -0.2) is 0 Å². The fraction of sp³-hybridized carbons (Fsp3) is 0.238. The zero-order chi connectivity index (χ0) is 22.4. The molecule has 9 nitrogen and oxygen atoms in total. The molecule has 2 aromatic carbocycles. The predicted octanol–water partition coefficient (Wildman–Crippen LogP) is 2.99. The van der Waals surface area contributed by atoms with Crippen molar-refractivity contribution in [3.05, 3.63) is 48.0 Å². The lowest BCUT2D eigenvalue weighted by Crippen LogP contribution is -2.41. The van der Waals surface area contributed by atoms with Crippen molar-refractivity contribution in [3.8, 4) is 27.8 Å². The quantitative estimate of drug-likeness (QED) is 0.552. The Morgan fingerprint density at radius 3 is 2.45 bits per heavy atom. The van der Waals surface area contributed by atoms with E-state index in [4.69, 9.17) is 14.2 Å². The van der Waals surface area contributed by atoms with Crippen LogP contribution in [0.3, 0.4) is 0 Å². The minimum atomic E-state index is -0.801. The highest BCUT2D eigenvalue weighted by Gasteiger charge is 2.19. The minimum Gasteiger partial charge on any atom is -0.497 e. The van der Waals surface area contributed by atoms with Crippen LogP contribution in [0.1, 0.15) is 17.3 Å². The number of ether oxygens (including phenoxy) is 3. The Morgan fingerprint density at radius 1 is 0.968 bits per heavy atom. The predicted molar refractivity (Wildman–Crippen MR) is 117 cm³/mol. The third kappa shape index (κ3) is 5.28. The average molecular weight is 442 g/mol. The van der Waals surface area contributed by atoms with Gasteiger partial charge in [-0.2, -0.15) is 0 Å². The Bertz CT molecular complexity index is 1090. The van der Waals surface area contributed by atoms with Crippen LogP contribution in [-0.2, 0) is 4.79 Å². The van der Waals surface area contributed by atoms with E-state index in [9.17, 15) is 9.59 Å². The van der Waals surface area contributed by atoms with Crippen molar-refractivity contribution in [1.82, 2.24) is 15.5 Å². The molecule has 1 aromatic heterocycles. The molecule has 10 heteroatoms. The summed E-state index contributed by atoms with van der Waals surface area (Å²) < 4.78 is 15.6. The topological polar surface area (TPSA) is 112 Å². The first-order chi connectivity index (χ1) is 14.9. The molecule has 0 aliphatic carbocycles. The van der Waals surface area contributed by atoms with Crippen LogP contribution in [0.15, 0.2) is 42.5 Å². The summed E-state index contributed by atoms with van der Waals surface area (Å²) in [6.45, 7) is 1.58. The summed E-state index contributed by atoms with van der Waals surface area (Å²) in [7, 11) is 4.58. The van der Waals surface area contributed by atoms with E-state index in [2.05, 4.69) is 20.8 Å². The summed E-state index contributed by atoms with van der Waals surface area (Å²) in [6.07, 6.45) is 0. The average Bonchev–Trinajstić information content (AvgIpc) is 3.26. The number of anilines is 1. The summed E-state index contributed by atoms with van der Waals surface area (Å²) in [5.74, 6) is 0.795. The molecule has 0 spiro atoms. The Morgan fingerprint density at radius 2 is 1.74 bits per heavy atom. The molecule has 1 unspecified atom stereocenters. The normalized spacial score (nSPS) is 11.4. The second-order valence-electron chi connectivity index (χ2n) is 6.40. The lowest BCUT2D eigenvalue weighted by Gasteiger charge is -2.14. The second kappa shape index (κ2) is 9.90. The van der Waals surface area contributed by atoms with Gasteiger partial charge in [-0.05, 0) is 37.3 Å². The molecule has 162 valence electrons. The van der Waals surface area contributed by atoms with Gasteiger partial charge in [0.15, 0.2) is 11.5 Å². The van der Waals surface area contributed by atoms with Gasteiger partial charge in [0.25, 0.3) is 5.91 Å². The molecule has 31 heavy (non-hydrogen) atoms. The molecule has 0 saturated heterocycles. The second-order valence-corrected chi connectivity index (χ2v) is 7.38. The molecule has 0 saturated carbocycles. The standard InChI is InChI=1S/C21H22N4O5S/c1-12(22-19(27)13-8-9-16(29-3)17(11-13)30-4)18(26)23-21-25-24-20(31-21)14-6-5-7-15(10-14)28-2/h5-12H,1-4H3,(H,22,27)(H,23,25,26). The van der Waals surface area contributed by atoms with E-state index < -0.39 is 17.9 Å². The summed E-state index contributed by atoms with van der Waals surface area (Å²) in [5.41, 5.74) is 1.17. The Hall–Kier alpha value is -3.66. The zero-order valence-corrected chi connectivity index (χ0v) is 18.3. The molecule has 3 rings (SSSR count). The number of hydrogen-bond acceptors (Lipinski definition) is 8. The van der Waals surface area contributed by atoms with Crippen molar-refractivity contribution in [3.63, 3.8) is 0 Å². The van der Waals surface area contributed by atoms with E-state index in [1.54, 1.807) is 32.2 Å². The Kier molecular flexibility index (Phi) is 7.03. The number of nitrogens with one attached hydrogen (secondary N) is 2. The van der Waals surface area contributed by atoms with Crippen LogP contribution in [0.25, 0.3) is 10.6 Å². The maximum atomic E-state index is 12.5. The van der Waals surface area contributed by atoms with Gasteiger partial charge in [0.2, 0.25) is 11.0 Å². The van der Waals surface area contributed by atoms with Gasteiger partial charge in [0.1, 0.15) is 16.8 Å². The lowest BCUT2D eigenvalue weighted by molar-refractivity contribution is -0.117. The highest BCUT2D eigenvalue weighted by molar-refractivity contribution is 7.18. The summed E-state index contributed by atoms with van der Waals surface area (Å²) in [4.78, 5) is 25.0. The van der Waals surface area contributed by atoms with E-state index in [0.717, 1.165) is 5.56 Å². The van der Waals surface area contributed by atoms with Crippen molar-refractivity contribution in [2.24, 2.45) is 0 Å². The van der Waals surface area contributed by atoms with Crippen LogP contribution in [0, 0.1) is 0 Å². The molecule has 3 aromatic rings. The Balaban J connectivity index is 1.63. The molecular formula is C21H22N4O5S. The van der Waals surface area contributed by atoms with Gasteiger partial charge in [-0.15, -0.1) is 10.2 Å². The van der Waals surface area contributed by atoms with Crippen LogP contribution in [0.2, 0.25) is 0 Å². The maximum Gasteiger partial charge on any atom is 0.252 e. The van der Waals surface area contributed by atoms with Crippen molar-refractivity contribution < 1.29 is 23.8 Å². The monoisotopic (exact) mass is 442 g/mol. The zero-order valence-electron chi connectivity index (χ0n) is 17.5. The first-order valence-electron chi connectivity index (χ1n) is 9.26. The number of benzene rings is 2. The summed E-state index contributed by atoms with van der Waals surface area (Å²) >= 11 is 1.22. The number of rotatable bonds is 8. The summed E-state index contributed by atoms with van der Waals surface area (Å²) in [5, 5.41) is 14.4. The van der Waals surface area contributed by atoms with E-state index in [1.165, 1.54) is 25.6 Å². The van der Waals surface area contributed by atoms with Crippen LogP contribution in [0.4, 0.5) is 5.13 Å². The van der Waals surface area contributed by atoms with Gasteiger partial charge in [0, 0.05) is 11.1 Å². The van der Waals surface area contributed by atoms with Gasteiger partial charge in [-0.3, -0.25) is 14.9 Å². The van der Waals surface area contributed by atoms with Gasteiger partial charge in [-0.1, -0.05) is 23.5 Å². The van der Waals surface area contributed by atoms with Crippen LogP contribution < -0.4 is 24.8 Å². The summed E-state index contributed by atoms with van der Waals surface area (Å²) in [6, 6.07) is 11.3. The fourth-order valence-corrected chi connectivity index (χ4v) is 3.43. The smallest absolute Gasteiger partial charge is 0.252 e. The molecule has 0 bridgehead atoms. The molecule has 0 fully saturated rings. The van der Waals surface area contributed by atoms with Crippen molar-refractivity contribution in [2.45, 2.75) is 13.0 Å². The third-order valence-corrected chi connectivity index (χ3v) is 5.25. The number of methoxy groups -OCH3 is 3. The molecule has 2 amide bonds. The number of aromatic nitrogens is 2. The highest BCUT2D eigenvalue weighted by atomic mass is 32.1. The van der Waals surface area contributed by atoms with Crippen LogP contribution in [0.5, 0.6) is 17.2 Å². The molecular weight excluding hydrogens is 420 g/mol. The minimum absolute atomic E-state index is 0.329. The molecule has 0 radical (unpaired) electrons. The number of hydrogen-bond donors (Lipinski definition) is 2. The van der Waals surface area contributed by atoms with Crippen LogP contribution in [-0.4, -0.2) is 49.4 Å². The van der Waals surface area contributed by atoms with E-state index in [0.29, 0.717) is 33.0 Å². The largest absolute Gasteiger partial charge is 0.497 e. The van der Waals surface area contributed by atoms with Crippen molar-refractivity contribution in [1.29, 1.82) is 0 Å². The molecule has 2 N–H and O–H groups in total. The molecule has 1 atom stereocenters. The first kappa shape index (κ1) is 22.0. The van der Waals surface area contributed by atoms with Crippen LogP contribution >= 0.6 is 11.3 Å². The van der Waals surface area contributed by atoms with Gasteiger partial charge >= 0.3 is 0 Å². The third-order valence-electron chi connectivity index (χ3n) is 4.36. The number of nitrogens with zero attached hydrogens (tertiary/aromatic N) is 2. The number of amides is 2. The fourth-order valence-electron chi connectivity index (χ4n) is 2.68. The van der Waals surface area contributed by atoms with Crippen molar-refractivity contribution in [2.75, 3.05) is 26.6 Å². The van der Waals surface area contributed by atoms with Gasteiger partial charge in [0.05, 0.1) is 21.3 Å². The van der Waals surface area contributed by atoms with E-state index in [-0.39, 0.29) is 0 Å². The van der Waals surface area contributed by atoms with Gasteiger partial charge < -0.3 is 19.5 Å². The highest BCUT2D eigenvalue weighted by Crippen LogP contribution is 2.29. The van der Waals surface area contributed by atoms with E-state index >= 15 is 0 Å². The molecule has 0 aliphatic heterocycles. The SMILES string of the molecule is COc1cccc(-c2nnc(NC(=O)C(C)NC(=O)c3ccc(OC)c(OC)c3)s2)c1. The molecule has 0 aliphatic rings. The maximum absolute atomic E-state index is 12.5. The number of carbonyl (C=O) groups excluding carboxylic acids is 2. The first-order valence-corrected chi connectivity index (χ1v) is 10.1. The van der Waals surface area contributed by atoms with Crippen molar-refractivity contribution >= 4 is 28.3 Å². The molecule has 1 heterocycles. The van der Waals surface area contributed by atoms with E-state index in [1.807, 2.05) is 24.3 Å². The lowest BCUT2D eigenvalue weighted by atomic mass is 10.1. The number of carbonyl (C=O) groups is 2. The Labute approximate surface area is 183 Å².